The molecule has 1 heterocycles. The SMILES string of the molecule is COC(=O)N[C@H]1CCN(c2cc(C#N)cc(N)c2Cl)C[C@H]1F. The Bertz CT molecular complexity index is 620. The van der Waals surface area contributed by atoms with Gasteiger partial charge in [0.25, 0.3) is 0 Å². The highest BCUT2D eigenvalue weighted by molar-refractivity contribution is 6.35. The lowest BCUT2D eigenvalue weighted by molar-refractivity contribution is 0.150. The van der Waals surface area contributed by atoms with Crippen LogP contribution in [0.15, 0.2) is 12.1 Å². The maximum absolute atomic E-state index is 14.2. The van der Waals surface area contributed by atoms with E-state index in [4.69, 9.17) is 22.6 Å². The Morgan fingerprint density at radius 3 is 2.95 bits per heavy atom. The second-order valence-corrected chi connectivity index (χ2v) is 5.38. The minimum atomic E-state index is -1.28. The molecule has 0 saturated carbocycles. The highest BCUT2D eigenvalue weighted by atomic mass is 35.5. The standard InChI is InChI=1S/C14H16ClFN4O2/c1-22-14(21)19-11-2-3-20(7-9(11)16)12-5-8(6-17)4-10(18)13(12)15/h4-5,9,11H,2-3,7,18H2,1H3,(H,19,21)/t9-,11+/m1/s1. The van der Waals surface area contributed by atoms with E-state index in [0.29, 0.717) is 29.2 Å². The van der Waals surface area contributed by atoms with Gasteiger partial charge in [-0.25, -0.2) is 9.18 Å². The van der Waals surface area contributed by atoms with Gasteiger partial charge in [-0.05, 0) is 18.6 Å². The topological polar surface area (TPSA) is 91.4 Å². The van der Waals surface area contributed by atoms with E-state index < -0.39 is 18.3 Å². The number of nitrogens with two attached hydrogens (primary N) is 1. The first-order valence-corrected chi connectivity index (χ1v) is 7.06. The van der Waals surface area contributed by atoms with Gasteiger partial charge < -0.3 is 20.7 Å². The molecule has 0 aliphatic carbocycles. The van der Waals surface area contributed by atoms with E-state index in [1.807, 2.05) is 6.07 Å². The summed E-state index contributed by atoms with van der Waals surface area (Å²) in [7, 11) is 1.23. The summed E-state index contributed by atoms with van der Waals surface area (Å²) in [5.41, 5.74) is 6.94. The molecule has 1 fully saturated rings. The van der Waals surface area contributed by atoms with Crippen molar-refractivity contribution >= 4 is 29.1 Å². The molecule has 1 aromatic rings. The summed E-state index contributed by atoms with van der Waals surface area (Å²) < 4.78 is 18.7. The zero-order chi connectivity index (χ0) is 16.3. The number of carbonyl (C=O) groups excluding carboxylic acids is 1. The molecule has 8 heteroatoms. The molecule has 1 aliphatic rings. The monoisotopic (exact) mass is 326 g/mol. The van der Waals surface area contributed by atoms with Crippen LogP contribution in [0.25, 0.3) is 0 Å². The maximum atomic E-state index is 14.2. The minimum Gasteiger partial charge on any atom is -0.453 e. The van der Waals surface area contributed by atoms with Gasteiger partial charge in [-0.1, -0.05) is 11.6 Å². The molecule has 6 nitrogen and oxygen atoms in total. The summed E-state index contributed by atoms with van der Waals surface area (Å²) in [4.78, 5) is 12.9. The van der Waals surface area contributed by atoms with E-state index in [9.17, 15) is 9.18 Å². The fraction of sp³-hybridized carbons (Fsp3) is 0.429. The minimum absolute atomic E-state index is 0.0443. The lowest BCUT2D eigenvalue weighted by atomic mass is 10.0. The number of methoxy groups -OCH3 is 1. The van der Waals surface area contributed by atoms with Crippen LogP contribution < -0.4 is 16.0 Å². The summed E-state index contributed by atoms with van der Waals surface area (Å²) >= 11 is 6.16. The largest absolute Gasteiger partial charge is 0.453 e. The average molecular weight is 327 g/mol. The molecule has 1 aliphatic heterocycles. The van der Waals surface area contributed by atoms with Gasteiger partial charge in [-0.3, -0.25) is 0 Å². The van der Waals surface area contributed by atoms with Gasteiger partial charge >= 0.3 is 6.09 Å². The zero-order valence-corrected chi connectivity index (χ0v) is 12.7. The molecule has 0 unspecified atom stereocenters. The van der Waals surface area contributed by atoms with Gasteiger partial charge in [0.1, 0.15) is 6.17 Å². The summed E-state index contributed by atoms with van der Waals surface area (Å²) in [6.45, 7) is 0.520. The molecule has 1 amide bonds. The van der Waals surface area contributed by atoms with Crippen molar-refractivity contribution in [3.8, 4) is 6.07 Å². The molecule has 118 valence electrons. The number of rotatable bonds is 2. The molecular weight excluding hydrogens is 311 g/mol. The van der Waals surface area contributed by atoms with Gasteiger partial charge in [0, 0.05) is 6.54 Å². The van der Waals surface area contributed by atoms with Crippen molar-refractivity contribution in [1.82, 2.24) is 5.32 Å². The van der Waals surface area contributed by atoms with E-state index in [1.165, 1.54) is 13.2 Å². The Hall–Kier alpha value is -2.20. The Morgan fingerprint density at radius 1 is 1.64 bits per heavy atom. The Labute approximate surface area is 132 Å². The van der Waals surface area contributed by atoms with Crippen LogP contribution in [0.4, 0.5) is 20.6 Å². The third-order valence-corrected chi connectivity index (χ3v) is 3.99. The van der Waals surface area contributed by atoms with Crippen molar-refractivity contribution in [3.63, 3.8) is 0 Å². The first-order chi connectivity index (χ1) is 10.5. The van der Waals surface area contributed by atoms with Crippen LogP contribution in [-0.4, -0.2) is 38.5 Å². The first kappa shape index (κ1) is 16.2. The maximum Gasteiger partial charge on any atom is 0.407 e. The van der Waals surface area contributed by atoms with Gasteiger partial charge in [0.05, 0.1) is 47.7 Å². The van der Waals surface area contributed by atoms with Crippen molar-refractivity contribution in [1.29, 1.82) is 5.26 Å². The van der Waals surface area contributed by atoms with Crippen molar-refractivity contribution < 1.29 is 13.9 Å². The number of ether oxygens (including phenoxy) is 1. The smallest absolute Gasteiger partial charge is 0.407 e. The second kappa shape index (κ2) is 6.71. The number of nitriles is 1. The van der Waals surface area contributed by atoms with E-state index in [2.05, 4.69) is 10.1 Å². The lowest BCUT2D eigenvalue weighted by Gasteiger charge is -2.36. The fourth-order valence-electron chi connectivity index (χ4n) is 2.42. The first-order valence-electron chi connectivity index (χ1n) is 6.69. The number of nitrogens with one attached hydrogen (secondary N) is 1. The predicted molar refractivity (Wildman–Crippen MR) is 81.6 cm³/mol. The third kappa shape index (κ3) is 3.34. The number of alkyl carbamates (subject to hydrolysis) is 1. The van der Waals surface area contributed by atoms with Crippen molar-refractivity contribution in [2.45, 2.75) is 18.6 Å². The molecule has 3 N–H and O–H groups in total. The lowest BCUT2D eigenvalue weighted by Crippen LogP contribution is -2.52. The van der Waals surface area contributed by atoms with Crippen molar-refractivity contribution in [2.75, 3.05) is 30.8 Å². The van der Waals surface area contributed by atoms with Gasteiger partial charge in [0.2, 0.25) is 0 Å². The number of carbonyl (C=O) groups is 1. The van der Waals surface area contributed by atoms with Crippen LogP contribution in [-0.2, 0) is 4.74 Å². The fourth-order valence-corrected chi connectivity index (χ4v) is 2.65. The number of anilines is 2. The molecule has 1 saturated heterocycles. The summed E-state index contributed by atoms with van der Waals surface area (Å²) in [6.07, 6.45) is -1.55. The average Bonchev–Trinajstić information content (AvgIpc) is 2.51. The van der Waals surface area contributed by atoms with Crippen LogP contribution >= 0.6 is 11.6 Å². The normalized spacial score (nSPS) is 21.1. The zero-order valence-electron chi connectivity index (χ0n) is 12.0. The van der Waals surface area contributed by atoms with Crippen LogP contribution in [0.3, 0.4) is 0 Å². The number of benzene rings is 1. The number of piperidine rings is 1. The Balaban J connectivity index is 2.15. The number of nitrogen functional groups attached to an aromatic ring is 1. The molecule has 22 heavy (non-hydrogen) atoms. The summed E-state index contributed by atoms with van der Waals surface area (Å²) in [5.74, 6) is 0. The van der Waals surface area contributed by atoms with Crippen LogP contribution in [0.1, 0.15) is 12.0 Å². The Kier molecular flexibility index (Phi) is 4.93. The molecule has 1 aromatic carbocycles. The number of amides is 1. The summed E-state index contributed by atoms with van der Waals surface area (Å²) in [5, 5.41) is 11.8. The molecule has 0 aromatic heterocycles. The van der Waals surface area contributed by atoms with Crippen molar-refractivity contribution in [2.24, 2.45) is 0 Å². The highest BCUT2D eigenvalue weighted by Crippen LogP contribution is 2.34. The number of halogens is 2. The summed E-state index contributed by atoms with van der Waals surface area (Å²) in [6, 6.07) is 4.44. The van der Waals surface area contributed by atoms with E-state index in [1.54, 1.807) is 11.0 Å². The number of alkyl halides is 1. The van der Waals surface area contributed by atoms with Crippen LogP contribution in [0, 0.1) is 11.3 Å². The number of hydrogen-bond donors (Lipinski definition) is 2. The molecule has 0 bridgehead atoms. The van der Waals surface area contributed by atoms with Crippen LogP contribution in [0.2, 0.25) is 5.02 Å². The molecule has 0 radical (unpaired) electrons. The van der Waals surface area contributed by atoms with Gasteiger partial charge in [0.15, 0.2) is 0 Å². The van der Waals surface area contributed by atoms with Crippen molar-refractivity contribution in [3.05, 3.63) is 22.7 Å². The molecule has 2 rings (SSSR count). The third-order valence-electron chi connectivity index (χ3n) is 3.58. The van der Waals surface area contributed by atoms with Gasteiger partial charge in [-0.15, -0.1) is 0 Å². The van der Waals surface area contributed by atoms with Crippen LogP contribution in [0.5, 0.6) is 0 Å². The van der Waals surface area contributed by atoms with E-state index in [-0.39, 0.29) is 12.2 Å². The number of nitrogens with zero attached hydrogens (tertiary/aromatic N) is 2. The molecule has 2 atom stereocenters. The predicted octanol–water partition coefficient (Wildman–Crippen LogP) is 2.07. The number of hydrogen-bond acceptors (Lipinski definition) is 5. The Morgan fingerprint density at radius 2 is 2.36 bits per heavy atom. The highest BCUT2D eigenvalue weighted by Gasteiger charge is 2.31. The molecule has 0 spiro atoms. The molecular formula is C14H16ClFN4O2. The van der Waals surface area contributed by atoms with E-state index >= 15 is 0 Å². The van der Waals surface area contributed by atoms with Gasteiger partial charge in [-0.2, -0.15) is 5.26 Å². The quantitative estimate of drug-likeness (QED) is 0.812. The second-order valence-electron chi connectivity index (χ2n) is 5.00. The van der Waals surface area contributed by atoms with E-state index in [0.717, 1.165) is 0 Å².